The molecule has 0 fully saturated rings. The van der Waals surface area contributed by atoms with Gasteiger partial charge in [-0.25, -0.2) is 8.78 Å². The molecule has 0 aliphatic rings. The molecule has 0 aliphatic heterocycles. The highest BCUT2D eigenvalue weighted by Gasteiger charge is 2.13. The van der Waals surface area contributed by atoms with Gasteiger partial charge in [-0.15, -0.1) is 0 Å². The van der Waals surface area contributed by atoms with Gasteiger partial charge in [-0.3, -0.25) is 25.3 Å². The molecule has 132 valence electrons. The number of halogens is 3. The van der Waals surface area contributed by atoms with Gasteiger partial charge in [0.1, 0.15) is 11.6 Å². The zero-order valence-corrected chi connectivity index (χ0v) is 14.1. The van der Waals surface area contributed by atoms with Gasteiger partial charge in [0, 0.05) is 22.7 Å². The van der Waals surface area contributed by atoms with Crippen LogP contribution in [0.3, 0.4) is 0 Å². The van der Waals surface area contributed by atoms with E-state index in [1.165, 1.54) is 24.3 Å². The molecule has 2 N–H and O–H groups in total. The van der Waals surface area contributed by atoms with Crippen molar-refractivity contribution in [1.82, 2.24) is 15.8 Å². The molecule has 0 saturated heterocycles. The second-order valence-corrected chi connectivity index (χ2v) is 5.79. The molecule has 2 amide bonds. The van der Waals surface area contributed by atoms with Gasteiger partial charge >= 0.3 is 0 Å². The highest BCUT2D eigenvalue weighted by molar-refractivity contribution is 6.31. The number of hydrogen-bond donors (Lipinski definition) is 2. The van der Waals surface area contributed by atoms with Crippen molar-refractivity contribution in [1.29, 1.82) is 0 Å². The van der Waals surface area contributed by atoms with E-state index in [9.17, 15) is 18.4 Å². The van der Waals surface area contributed by atoms with Crippen LogP contribution in [0.1, 0.15) is 15.9 Å². The Morgan fingerprint density at radius 2 is 1.76 bits per heavy atom. The van der Waals surface area contributed by atoms with Gasteiger partial charge in [0.05, 0.1) is 6.54 Å². The molecule has 2 aromatic carbocycles. The van der Waals surface area contributed by atoms with Crippen molar-refractivity contribution in [2.75, 3.05) is 13.6 Å². The van der Waals surface area contributed by atoms with Gasteiger partial charge in [-0.2, -0.15) is 0 Å². The smallest absolute Gasteiger partial charge is 0.269 e. The Morgan fingerprint density at radius 1 is 1.08 bits per heavy atom. The number of nitrogens with one attached hydrogen (secondary N) is 2. The van der Waals surface area contributed by atoms with Crippen molar-refractivity contribution >= 4 is 23.4 Å². The SMILES string of the molecule is CN(CC(=O)NNC(=O)c1ccc(F)cc1)Cc1c(F)cccc1Cl. The van der Waals surface area contributed by atoms with Gasteiger partial charge in [0.15, 0.2) is 0 Å². The van der Waals surface area contributed by atoms with Crippen LogP contribution < -0.4 is 10.9 Å². The van der Waals surface area contributed by atoms with Crippen molar-refractivity contribution < 1.29 is 18.4 Å². The van der Waals surface area contributed by atoms with Crippen molar-refractivity contribution in [3.63, 3.8) is 0 Å². The lowest BCUT2D eigenvalue weighted by Crippen LogP contribution is -2.45. The fourth-order valence-electron chi connectivity index (χ4n) is 2.09. The lowest BCUT2D eigenvalue weighted by atomic mass is 10.2. The summed E-state index contributed by atoms with van der Waals surface area (Å²) >= 11 is 5.94. The number of hydrogen-bond acceptors (Lipinski definition) is 3. The molecule has 0 radical (unpaired) electrons. The number of nitrogens with zero attached hydrogens (tertiary/aromatic N) is 1. The highest BCUT2D eigenvalue weighted by atomic mass is 35.5. The van der Waals surface area contributed by atoms with Crippen LogP contribution in [0.4, 0.5) is 8.78 Å². The lowest BCUT2D eigenvalue weighted by Gasteiger charge is -2.17. The van der Waals surface area contributed by atoms with E-state index in [1.54, 1.807) is 18.0 Å². The largest absolute Gasteiger partial charge is 0.293 e. The summed E-state index contributed by atoms with van der Waals surface area (Å²) in [6.07, 6.45) is 0. The third kappa shape index (κ3) is 5.51. The quantitative estimate of drug-likeness (QED) is 0.798. The average Bonchev–Trinajstić information content (AvgIpc) is 2.57. The minimum absolute atomic E-state index is 0.0889. The minimum Gasteiger partial charge on any atom is -0.293 e. The monoisotopic (exact) mass is 367 g/mol. The zero-order valence-electron chi connectivity index (χ0n) is 13.4. The topological polar surface area (TPSA) is 61.4 Å². The number of amides is 2. The molecule has 0 spiro atoms. The van der Waals surface area contributed by atoms with E-state index < -0.39 is 23.4 Å². The molecule has 2 rings (SSSR count). The van der Waals surface area contributed by atoms with E-state index in [0.29, 0.717) is 0 Å². The molecular formula is C17H16ClF2N3O2. The van der Waals surface area contributed by atoms with Gasteiger partial charge < -0.3 is 0 Å². The average molecular weight is 368 g/mol. The Bertz CT molecular complexity index is 749. The van der Waals surface area contributed by atoms with E-state index in [1.807, 2.05) is 0 Å². The Labute approximate surface area is 148 Å². The number of carbonyl (C=O) groups is 2. The maximum absolute atomic E-state index is 13.7. The van der Waals surface area contributed by atoms with Gasteiger partial charge in [-0.1, -0.05) is 17.7 Å². The van der Waals surface area contributed by atoms with Crippen molar-refractivity contribution in [2.45, 2.75) is 6.54 Å². The normalized spacial score (nSPS) is 10.6. The second-order valence-electron chi connectivity index (χ2n) is 5.38. The first kappa shape index (κ1) is 18.8. The summed E-state index contributed by atoms with van der Waals surface area (Å²) in [7, 11) is 1.62. The van der Waals surface area contributed by atoms with E-state index in [0.717, 1.165) is 12.1 Å². The van der Waals surface area contributed by atoms with Crippen molar-refractivity contribution in [3.8, 4) is 0 Å². The lowest BCUT2D eigenvalue weighted by molar-refractivity contribution is -0.122. The van der Waals surface area contributed by atoms with Crippen molar-refractivity contribution in [2.24, 2.45) is 0 Å². The Hall–Kier alpha value is -2.51. The summed E-state index contributed by atoms with van der Waals surface area (Å²) in [5.74, 6) is -1.99. The van der Waals surface area contributed by atoms with E-state index in [-0.39, 0.29) is 29.2 Å². The van der Waals surface area contributed by atoms with Gasteiger partial charge in [0.25, 0.3) is 11.8 Å². The summed E-state index contributed by atoms with van der Waals surface area (Å²) < 4.78 is 26.5. The van der Waals surface area contributed by atoms with Crippen LogP contribution in [0.15, 0.2) is 42.5 Å². The molecule has 0 bridgehead atoms. The first-order valence-corrected chi connectivity index (χ1v) is 7.71. The van der Waals surface area contributed by atoms with E-state index >= 15 is 0 Å². The third-order valence-electron chi connectivity index (χ3n) is 3.33. The summed E-state index contributed by atoms with van der Waals surface area (Å²) in [4.78, 5) is 25.2. The number of benzene rings is 2. The minimum atomic E-state index is -0.576. The summed E-state index contributed by atoms with van der Waals surface area (Å²) in [5.41, 5.74) is 4.95. The fourth-order valence-corrected chi connectivity index (χ4v) is 2.32. The van der Waals surface area contributed by atoms with E-state index in [4.69, 9.17) is 11.6 Å². The van der Waals surface area contributed by atoms with Crippen LogP contribution in [0, 0.1) is 11.6 Å². The van der Waals surface area contributed by atoms with Crippen LogP contribution in [0.25, 0.3) is 0 Å². The third-order valence-corrected chi connectivity index (χ3v) is 3.68. The fraction of sp³-hybridized carbons (Fsp3) is 0.176. The maximum atomic E-state index is 13.7. The first-order chi connectivity index (χ1) is 11.9. The molecule has 25 heavy (non-hydrogen) atoms. The molecule has 0 aromatic heterocycles. The molecule has 2 aromatic rings. The summed E-state index contributed by atoms with van der Waals surface area (Å²) in [5, 5.41) is 0.275. The van der Waals surface area contributed by atoms with Crippen LogP contribution in [0.5, 0.6) is 0 Å². The molecule has 5 nitrogen and oxygen atoms in total. The maximum Gasteiger partial charge on any atom is 0.269 e. The van der Waals surface area contributed by atoms with Crippen LogP contribution in [-0.2, 0) is 11.3 Å². The zero-order chi connectivity index (χ0) is 18.4. The Balaban J connectivity index is 1.83. The van der Waals surface area contributed by atoms with Gasteiger partial charge in [0.2, 0.25) is 0 Å². The Kier molecular flexibility index (Phi) is 6.44. The van der Waals surface area contributed by atoms with E-state index in [2.05, 4.69) is 10.9 Å². The molecule has 0 heterocycles. The molecule has 0 saturated carbocycles. The number of carbonyl (C=O) groups excluding carboxylic acids is 2. The van der Waals surface area contributed by atoms with Crippen molar-refractivity contribution in [3.05, 3.63) is 70.2 Å². The van der Waals surface area contributed by atoms with Gasteiger partial charge in [-0.05, 0) is 43.4 Å². The number of hydrazine groups is 1. The predicted molar refractivity (Wildman–Crippen MR) is 89.8 cm³/mol. The molecule has 0 unspecified atom stereocenters. The van der Waals surface area contributed by atoms with Crippen LogP contribution >= 0.6 is 11.6 Å². The predicted octanol–water partition coefficient (Wildman–Crippen LogP) is 2.51. The highest BCUT2D eigenvalue weighted by Crippen LogP contribution is 2.20. The standard InChI is InChI=1S/C17H16ClF2N3O2/c1-23(9-13-14(18)3-2-4-15(13)20)10-16(24)21-22-17(25)11-5-7-12(19)8-6-11/h2-8H,9-10H2,1H3,(H,21,24)(H,22,25). The second kappa shape index (κ2) is 8.55. The summed E-state index contributed by atoms with van der Waals surface area (Å²) in [6.45, 7) is 0.0409. The van der Waals surface area contributed by atoms with Crippen LogP contribution in [0.2, 0.25) is 5.02 Å². The van der Waals surface area contributed by atoms with Crippen LogP contribution in [-0.4, -0.2) is 30.3 Å². The summed E-state index contributed by atoms with van der Waals surface area (Å²) in [6, 6.07) is 9.23. The number of rotatable bonds is 5. The molecule has 8 heteroatoms. The Morgan fingerprint density at radius 3 is 2.40 bits per heavy atom. The number of likely N-dealkylation sites (N-methyl/N-ethyl adjacent to an activating group) is 1. The first-order valence-electron chi connectivity index (χ1n) is 7.33. The molecular weight excluding hydrogens is 352 g/mol. The molecule has 0 aliphatic carbocycles. The molecule has 0 atom stereocenters.